The van der Waals surface area contributed by atoms with E-state index in [1.165, 1.54) is 19.2 Å². The highest BCUT2D eigenvalue weighted by atomic mass is 32.2. The monoisotopic (exact) mass is 383 g/mol. The maximum atomic E-state index is 14.0. The van der Waals surface area contributed by atoms with Gasteiger partial charge in [0.25, 0.3) is 10.0 Å². The van der Waals surface area contributed by atoms with E-state index in [1.807, 2.05) is 0 Å². The lowest BCUT2D eigenvalue weighted by Crippen LogP contribution is -2.36. The van der Waals surface area contributed by atoms with Crippen molar-refractivity contribution in [1.29, 1.82) is 0 Å². The van der Waals surface area contributed by atoms with Crippen LogP contribution in [0.5, 0.6) is 5.75 Å². The Morgan fingerprint density at radius 2 is 1.96 bits per heavy atom. The SMILES string of the molecule is COc1ccc(C(=O)O)cc1S(=O)(=O)N1CCCc2c(F)cc(F)cc21. The van der Waals surface area contributed by atoms with Crippen molar-refractivity contribution in [2.75, 3.05) is 18.0 Å². The van der Waals surface area contributed by atoms with E-state index in [0.29, 0.717) is 12.5 Å². The van der Waals surface area contributed by atoms with Gasteiger partial charge >= 0.3 is 5.97 Å². The first kappa shape index (κ1) is 18.1. The lowest BCUT2D eigenvalue weighted by Gasteiger charge is -2.31. The Morgan fingerprint density at radius 1 is 1.23 bits per heavy atom. The van der Waals surface area contributed by atoms with Crippen molar-refractivity contribution < 1.29 is 31.8 Å². The fourth-order valence-corrected chi connectivity index (χ4v) is 4.67. The molecule has 1 heterocycles. The number of nitrogens with zero attached hydrogens (tertiary/aromatic N) is 1. The Kier molecular flexibility index (Phi) is 4.57. The highest BCUT2D eigenvalue weighted by molar-refractivity contribution is 7.93. The molecule has 0 saturated heterocycles. The summed E-state index contributed by atoms with van der Waals surface area (Å²) < 4.78 is 59.9. The number of sulfonamides is 1. The van der Waals surface area contributed by atoms with E-state index in [4.69, 9.17) is 9.84 Å². The number of ether oxygens (including phenoxy) is 1. The van der Waals surface area contributed by atoms with Gasteiger partial charge in [0.2, 0.25) is 0 Å². The van der Waals surface area contributed by atoms with Crippen molar-refractivity contribution in [2.45, 2.75) is 17.7 Å². The molecule has 9 heteroatoms. The number of carboxylic acid groups (broad SMARTS) is 1. The predicted octanol–water partition coefficient (Wildman–Crippen LogP) is 2.81. The van der Waals surface area contributed by atoms with Crippen molar-refractivity contribution in [3.05, 3.63) is 53.1 Å². The van der Waals surface area contributed by atoms with Crippen LogP contribution in [0, 0.1) is 11.6 Å². The van der Waals surface area contributed by atoms with Gasteiger partial charge in [0.15, 0.2) is 0 Å². The standard InChI is InChI=1S/C17H15F2NO5S/c1-25-15-5-4-10(17(21)22)7-16(15)26(23,24)20-6-2-3-12-13(19)8-11(18)9-14(12)20/h4-5,7-9H,2-3,6H2,1H3,(H,21,22). The normalized spacial score (nSPS) is 14.0. The van der Waals surface area contributed by atoms with Crippen LogP contribution in [-0.4, -0.2) is 33.1 Å². The first-order chi connectivity index (χ1) is 12.3. The maximum Gasteiger partial charge on any atom is 0.335 e. The number of hydrogen-bond acceptors (Lipinski definition) is 4. The van der Waals surface area contributed by atoms with E-state index < -0.39 is 27.6 Å². The Balaban J connectivity index is 2.20. The molecule has 0 fully saturated rings. The van der Waals surface area contributed by atoms with E-state index >= 15 is 0 Å². The summed E-state index contributed by atoms with van der Waals surface area (Å²) >= 11 is 0. The molecule has 2 aromatic rings. The molecule has 6 nitrogen and oxygen atoms in total. The fourth-order valence-electron chi connectivity index (χ4n) is 2.96. The molecule has 2 aromatic carbocycles. The lowest BCUT2D eigenvalue weighted by molar-refractivity contribution is 0.0696. The third kappa shape index (κ3) is 2.98. The predicted molar refractivity (Wildman–Crippen MR) is 89.2 cm³/mol. The van der Waals surface area contributed by atoms with Gasteiger partial charge < -0.3 is 9.84 Å². The molecule has 0 aromatic heterocycles. The summed E-state index contributed by atoms with van der Waals surface area (Å²) in [5.74, 6) is -3.07. The van der Waals surface area contributed by atoms with Crippen LogP contribution >= 0.6 is 0 Å². The van der Waals surface area contributed by atoms with Crippen LogP contribution in [0.25, 0.3) is 0 Å². The molecule has 0 bridgehead atoms. The Hall–Kier alpha value is -2.68. The number of carboxylic acids is 1. The van der Waals surface area contributed by atoms with Crippen LogP contribution < -0.4 is 9.04 Å². The van der Waals surface area contributed by atoms with E-state index in [0.717, 1.165) is 16.4 Å². The molecule has 0 amide bonds. The first-order valence-electron chi connectivity index (χ1n) is 7.67. The molecule has 1 aliphatic rings. The van der Waals surface area contributed by atoms with Crippen molar-refractivity contribution >= 4 is 21.7 Å². The van der Waals surface area contributed by atoms with Gasteiger partial charge in [0.05, 0.1) is 18.4 Å². The molecule has 3 rings (SSSR count). The van der Waals surface area contributed by atoms with E-state index in [1.54, 1.807) is 0 Å². The number of fused-ring (bicyclic) bond motifs is 1. The summed E-state index contributed by atoms with van der Waals surface area (Å²) in [5.41, 5.74) is -0.224. The van der Waals surface area contributed by atoms with Crippen LogP contribution in [0.1, 0.15) is 22.3 Å². The molecule has 26 heavy (non-hydrogen) atoms. The van der Waals surface area contributed by atoms with Gasteiger partial charge in [-0.05, 0) is 37.1 Å². The third-order valence-corrected chi connectivity index (χ3v) is 6.01. The molecule has 138 valence electrons. The molecule has 0 aliphatic carbocycles. The highest BCUT2D eigenvalue weighted by Gasteiger charge is 2.33. The third-order valence-electron chi connectivity index (χ3n) is 4.17. The van der Waals surface area contributed by atoms with Gasteiger partial charge in [-0.1, -0.05) is 0 Å². The summed E-state index contributed by atoms with van der Waals surface area (Å²) in [6.07, 6.45) is 0.621. The zero-order valence-electron chi connectivity index (χ0n) is 13.7. The molecule has 0 atom stereocenters. The Bertz CT molecular complexity index is 991. The number of halogens is 2. The van der Waals surface area contributed by atoms with Crippen LogP contribution in [0.2, 0.25) is 0 Å². The Labute approximate surface area is 148 Å². The molecule has 0 unspecified atom stereocenters. The number of aromatic carboxylic acids is 1. The van der Waals surface area contributed by atoms with E-state index in [9.17, 15) is 22.0 Å². The number of rotatable bonds is 4. The van der Waals surface area contributed by atoms with Crippen molar-refractivity contribution in [2.24, 2.45) is 0 Å². The smallest absolute Gasteiger partial charge is 0.335 e. The number of anilines is 1. The van der Waals surface area contributed by atoms with Gasteiger partial charge in [-0.15, -0.1) is 0 Å². The molecule has 0 saturated carbocycles. The van der Waals surface area contributed by atoms with Gasteiger partial charge in [-0.3, -0.25) is 4.31 Å². The summed E-state index contributed by atoms with van der Waals surface area (Å²) in [7, 11) is -3.05. The van der Waals surface area contributed by atoms with Gasteiger partial charge in [0, 0.05) is 18.2 Å². The van der Waals surface area contributed by atoms with E-state index in [2.05, 4.69) is 0 Å². The number of carbonyl (C=O) groups is 1. The number of hydrogen-bond donors (Lipinski definition) is 1. The second-order valence-electron chi connectivity index (χ2n) is 5.74. The molecule has 1 N–H and O–H groups in total. The summed E-state index contributed by atoms with van der Waals surface area (Å²) in [5, 5.41) is 9.13. The number of methoxy groups -OCH3 is 1. The van der Waals surface area contributed by atoms with Crippen molar-refractivity contribution in [3.8, 4) is 5.75 Å². The van der Waals surface area contributed by atoms with Crippen molar-refractivity contribution in [1.82, 2.24) is 0 Å². The molecule has 1 aliphatic heterocycles. The highest BCUT2D eigenvalue weighted by Crippen LogP contribution is 2.37. The van der Waals surface area contributed by atoms with Gasteiger partial charge in [0.1, 0.15) is 22.3 Å². The topological polar surface area (TPSA) is 83.9 Å². The zero-order chi connectivity index (χ0) is 19.1. The summed E-state index contributed by atoms with van der Waals surface area (Å²) in [6.45, 7) is 0.0126. The zero-order valence-corrected chi connectivity index (χ0v) is 14.5. The number of benzene rings is 2. The average Bonchev–Trinajstić information content (AvgIpc) is 2.60. The lowest BCUT2D eigenvalue weighted by atomic mass is 10.0. The molecule has 0 radical (unpaired) electrons. The quantitative estimate of drug-likeness (QED) is 0.878. The second-order valence-corrected chi connectivity index (χ2v) is 7.57. The largest absolute Gasteiger partial charge is 0.495 e. The van der Waals surface area contributed by atoms with Crippen molar-refractivity contribution in [3.63, 3.8) is 0 Å². The molecular formula is C17H15F2NO5S. The summed E-state index contributed by atoms with van der Waals surface area (Å²) in [4.78, 5) is 10.8. The fraction of sp³-hybridized carbons (Fsp3) is 0.235. The van der Waals surface area contributed by atoms with Crippen LogP contribution in [-0.2, 0) is 16.4 Å². The first-order valence-corrected chi connectivity index (χ1v) is 9.11. The van der Waals surface area contributed by atoms with Crippen LogP contribution in [0.3, 0.4) is 0 Å². The average molecular weight is 383 g/mol. The molecular weight excluding hydrogens is 368 g/mol. The second kappa shape index (κ2) is 6.56. The molecule has 0 spiro atoms. The minimum Gasteiger partial charge on any atom is -0.495 e. The van der Waals surface area contributed by atoms with Crippen LogP contribution in [0.15, 0.2) is 35.2 Å². The minimum atomic E-state index is -4.30. The Morgan fingerprint density at radius 3 is 2.62 bits per heavy atom. The van der Waals surface area contributed by atoms with Gasteiger partial charge in [-0.2, -0.15) is 0 Å². The summed E-state index contributed by atoms with van der Waals surface area (Å²) in [6, 6.07) is 5.08. The van der Waals surface area contributed by atoms with E-state index in [-0.39, 0.29) is 40.4 Å². The van der Waals surface area contributed by atoms with Crippen LogP contribution in [0.4, 0.5) is 14.5 Å². The minimum absolute atomic E-state index is 0.0126. The maximum absolute atomic E-state index is 14.0. The van der Waals surface area contributed by atoms with Gasteiger partial charge in [-0.25, -0.2) is 22.0 Å².